The van der Waals surface area contributed by atoms with Gasteiger partial charge < -0.3 is 4.74 Å². The van der Waals surface area contributed by atoms with E-state index in [1.807, 2.05) is 42.5 Å². The van der Waals surface area contributed by atoms with Crippen LogP contribution in [0, 0.1) is 24.0 Å². The minimum Gasteiger partial charge on any atom is -0.496 e. The largest absolute Gasteiger partial charge is 0.496 e. The van der Waals surface area contributed by atoms with Crippen LogP contribution in [0.4, 0.5) is 5.69 Å². The highest BCUT2D eigenvalue weighted by molar-refractivity contribution is 6.06. The number of allylic oxidation sites excluding steroid dienone is 1. The number of carbonyl (C=O) groups excluding carboxylic acids is 1. The van der Waals surface area contributed by atoms with Crippen molar-refractivity contribution in [1.82, 2.24) is 9.78 Å². The molecule has 0 unspecified atom stereocenters. The number of carbonyl (C=O) groups is 1. The van der Waals surface area contributed by atoms with E-state index in [4.69, 9.17) is 4.74 Å². The van der Waals surface area contributed by atoms with Crippen LogP contribution >= 0.6 is 0 Å². The van der Waals surface area contributed by atoms with Crippen molar-refractivity contribution >= 4 is 17.5 Å². The molecule has 0 amide bonds. The maximum Gasteiger partial charge on any atom is 0.312 e. The molecular weight excluding hydrogens is 406 g/mol. The summed E-state index contributed by atoms with van der Waals surface area (Å²) in [4.78, 5) is 23.4. The Morgan fingerprint density at radius 1 is 1.19 bits per heavy atom. The van der Waals surface area contributed by atoms with Crippen LogP contribution in [0.25, 0.3) is 6.08 Å². The number of nitro groups is 1. The Kier molecular flexibility index (Phi) is 6.88. The van der Waals surface area contributed by atoms with Gasteiger partial charge in [-0.15, -0.1) is 0 Å². The monoisotopic (exact) mass is 433 g/mol. The summed E-state index contributed by atoms with van der Waals surface area (Å²) in [7, 11) is 1.57. The van der Waals surface area contributed by atoms with Crippen LogP contribution in [-0.2, 0) is 6.54 Å². The topological polar surface area (TPSA) is 87.3 Å². The van der Waals surface area contributed by atoms with E-state index in [2.05, 4.69) is 18.9 Å². The van der Waals surface area contributed by atoms with Crippen LogP contribution in [0.3, 0.4) is 0 Å². The molecule has 0 aliphatic rings. The number of nitrogens with zero attached hydrogens (tertiary/aromatic N) is 3. The van der Waals surface area contributed by atoms with Gasteiger partial charge in [-0.1, -0.05) is 50.3 Å². The van der Waals surface area contributed by atoms with E-state index in [1.54, 1.807) is 37.8 Å². The first kappa shape index (κ1) is 22.9. The molecule has 0 fully saturated rings. The molecule has 3 aromatic rings. The first-order valence-corrected chi connectivity index (χ1v) is 10.4. The van der Waals surface area contributed by atoms with Gasteiger partial charge in [-0.3, -0.25) is 19.6 Å². The zero-order valence-electron chi connectivity index (χ0n) is 19.0. The molecule has 2 aromatic carbocycles. The third-order valence-corrected chi connectivity index (χ3v) is 5.44. The van der Waals surface area contributed by atoms with E-state index < -0.39 is 4.92 Å². The highest BCUT2D eigenvalue weighted by Gasteiger charge is 2.22. The average molecular weight is 434 g/mol. The number of aromatic nitrogens is 2. The fourth-order valence-electron chi connectivity index (χ4n) is 3.59. The summed E-state index contributed by atoms with van der Waals surface area (Å²) in [6, 6.07) is 13.2. The SMILES string of the molecule is COc1ccc(/C=C/C(=O)c2ccc(C(C)C)cc2)cc1Cn1nc(C)c([N+](=O)[O-])c1C. The molecule has 0 bridgehead atoms. The van der Waals surface area contributed by atoms with Crippen LogP contribution in [0.1, 0.15) is 58.2 Å². The third-order valence-electron chi connectivity index (χ3n) is 5.44. The normalized spacial score (nSPS) is 11.3. The van der Waals surface area contributed by atoms with Gasteiger partial charge in [0, 0.05) is 11.1 Å². The molecule has 0 aliphatic carbocycles. The van der Waals surface area contributed by atoms with Crippen molar-refractivity contribution < 1.29 is 14.5 Å². The predicted molar refractivity (Wildman–Crippen MR) is 124 cm³/mol. The number of hydrogen-bond donors (Lipinski definition) is 0. The number of ether oxygens (including phenoxy) is 1. The van der Waals surface area contributed by atoms with Crippen molar-refractivity contribution in [2.45, 2.75) is 40.2 Å². The molecule has 7 heteroatoms. The van der Waals surface area contributed by atoms with Gasteiger partial charge >= 0.3 is 5.69 Å². The summed E-state index contributed by atoms with van der Waals surface area (Å²) in [5, 5.41) is 15.6. The minimum absolute atomic E-state index is 0.0223. The Bertz CT molecular complexity index is 1170. The molecule has 0 saturated carbocycles. The number of hydrogen-bond acceptors (Lipinski definition) is 5. The van der Waals surface area contributed by atoms with Gasteiger partial charge in [-0.25, -0.2) is 0 Å². The molecule has 1 heterocycles. The van der Waals surface area contributed by atoms with Crippen LogP contribution in [0.5, 0.6) is 5.75 Å². The summed E-state index contributed by atoms with van der Waals surface area (Å²) >= 11 is 0. The second-order valence-corrected chi connectivity index (χ2v) is 7.98. The van der Waals surface area contributed by atoms with Crippen LogP contribution in [-0.4, -0.2) is 27.6 Å². The van der Waals surface area contributed by atoms with Gasteiger partial charge in [0.25, 0.3) is 0 Å². The number of ketones is 1. The Morgan fingerprint density at radius 2 is 1.88 bits per heavy atom. The van der Waals surface area contributed by atoms with E-state index >= 15 is 0 Å². The highest BCUT2D eigenvalue weighted by atomic mass is 16.6. The standard InChI is InChI=1S/C25H27N3O4/c1-16(2)20-8-10-21(11-9-20)23(29)12-6-19-7-13-24(32-5)22(14-19)15-27-18(4)25(28(30)31)17(3)26-27/h6-14,16H,15H2,1-5H3/b12-6+. The maximum atomic E-state index is 12.6. The van der Waals surface area contributed by atoms with E-state index in [0.29, 0.717) is 35.2 Å². The van der Waals surface area contributed by atoms with E-state index in [9.17, 15) is 14.9 Å². The number of rotatable bonds is 8. The predicted octanol–water partition coefficient (Wildman–Crippen LogP) is 5.48. The summed E-state index contributed by atoms with van der Waals surface area (Å²) in [6.45, 7) is 7.84. The van der Waals surface area contributed by atoms with Crippen molar-refractivity contribution in [2.24, 2.45) is 0 Å². The molecule has 0 saturated heterocycles. The Labute approximate surface area is 187 Å². The molecule has 0 spiro atoms. The molecule has 166 valence electrons. The second-order valence-electron chi connectivity index (χ2n) is 7.98. The highest BCUT2D eigenvalue weighted by Crippen LogP contribution is 2.26. The Hall–Kier alpha value is -3.74. The smallest absolute Gasteiger partial charge is 0.312 e. The minimum atomic E-state index is -0.413. The first-order valence-electron chi connectivity index (χ1n) is 10.4. The molecule has 32 heavy (non-hydrogen) atoms. The summed E-state index contributed by atoms with van der Waals surface area (Å²) < 4.78 is 7.05. The average Bonchev–Trinajstić information content (AvgIpc) is 3.05. The molecular formula is C25H27N3O4. The van der Waals surface area contributed by atoms with Crippen molar-refractivity contribution in [3.05, 3.63) is 92.3 Å². The van der Waals surface area contributed by atoms with Crippen LogP contribution in [0.2, 0.25) is 0 Å². The van der Waals surface area contributed by atoms with Crippen molar-refractivity contribution in [3.63, 3.8) is 0 Å². The van der Waals surface area contributed by atoms with Gasteiger partial charge in [0.2, 0.25) is 0 Å². The number of aryl methyl sites for hydroxylation is 1. The zero-order valence-corrected chi connectivity index (χ0v) is 19.0. The first-order chi connectivity index (χ1) is 15.2. The molecule has 0 atom stereocenters. The molecule has 1 aromatic heterocycles. The third kappa shape index (κ3) is 4.94. The zero-order chi connectivity index (χ0) is 23.4. The summed E-state index contributed by atoms with van der Waals surface area (Å²) in [6.07, 6.45) is 3.30. The van der Waals surface area contributed by atoms with E-state index in [1.165, 1.54) is 5.56 Å². The lowest BCUT2D eigenvalue weighted by molar-refractivity contribution is -0.386. The van der Waals surface area contributed by atoms with Crippen molar-refractivity contribution in [3.8, 4) is 5.75 Å². The molecule has 0 N–H and O–H groups in total. The molecule has 0 aliphatic heterocycles. The Morgan fingerprint density at radius 3 is 2.44 bits per heavy atom. The summed E-state index contributed by atoms with van der Waals surface area (Å²) in [5.74, 6) is 0.982. The van der Waals surface area contributed by atoms with Crippen molar-refractivity contribution in [1.29, 1.82) is 0 Å². The lowest BCUT2D eigenvalue weighted by Gasteiger charge is -2.11. The van der Waals surface area contributed by atoms with Gasteiger partial charge in [0.1, 0.15) is 17.1 Å². The van der Waals surface area contributed by atoms with Gasteiger partial charge in [-0.05, 0) is 49.1 Å². The van der Waals surface area contributed by atoms with E-state index in [-0.39, 0.29) is 11.5 Å². The number of benzene rings is 2. The Balaban J connectivity index is 1.84. The maximum absolute atomic E-state index is 12.6. The lowest BCUT2D eigenvalue weighted by atomic mass is 10.00. The van der Waals surface area contributed by atoms with Gasteiger partial charge in [0.05, 0.1) is 18.6 Å². The fourth-order valence-corrected chi connectivity index (χ4v) is 3.59. The molecule has 3 rings (SSSR count). The number of methoxy groups -OCH3 is 1. The second kappa shape index (κ2) is 9.60. The molecule has 0 radical (unpaired) electrons. The van der Waals surface area contributed by atoms with E-state index in [0.717, 1.165) is 11.1 Å². The van der Waals surface area contributed by atoms with Gasteiger partial charge in [-0.2, -0.15) is 5.10 Å². The van der Waals surface area contributed by atoms with Gasteiger partial charge in [0.15, 0.2) is 5.78 Å². The lowest BCUT2D eigenvalue weighted by Crippen LogP contribution is -2.06. The van der Waals surface area contributed by atoms with Crippen LogP contribution in [0.15, 0.2) is 48.5 Å². The molecule has 7 nitrogen and oxygen atoms in total. The quantitative estimate of drug-likeness (QED) is 0.203. The fraction of sp³-hybridized carbons (Fsp3) is 0.280. The summed E-state index contributed by atoms with van der Waals surface area (Å²) in [5.41, 5.74) is 4.33. The van der Waals surface area contributed by atoms with Crippen molar-refractivity contribution in [2.75, 3.05) is 7.11 Å². The van der Waals surface area contributed by atoms with Crippen LogP contribution < -0.4 is 4.74 Å².